The predicted octanol–water partition coefficient (Wildman–Crippen LogP) is 2.22. The standard InChI is InChI=1S/C15H20F2N2O/c1-10(19(2)12-5-7-18-8-6-12)15(20)11-3-4-13(16)14(17)9-11/h3-4,9-10,12,18H,5-8H2,1-2H3. The number of hydrogen-bond donors (Lipinski definition) is 1. The van der Waals surface area contributed by atoms with Gasteiger partial charge in [0, 0.05) is 11.6 Å². The molecule has 0 radical (unpaired) electrons. The molecule has 2 rings (SSSR count). The molecule has 1 aromatic carbocycles. The van der Waals surface area contributed by atoms with E-state index >= 15 is 0 Å². The molecule has 0 saturated carbocycles. The first-order valence-electron chi connectivity index (χ1n) is 6.92. The first kappa shape index (κ1) is 15.1. The van der Waals surface area contributed by atoms with Crippen molar-refractivity contribution in [2.24, 2.45) is 0 Å². The zero-order chi connectivity index (χ0) is 14.7. The molecule has 20 heavy (non-hydrogen) atoms. The SMILES string of the molecule is CC(C(=O)c1ccc(F)c(F)c1)N(C)C1CCNCC1. The molecule has 0 amide bonds. The molecular weight excluding hydrogens is 262 g/mol. The highest BCUT2D eigenvalue weighted by Crippen LogP contribution is 2.17. The topological polar surface area (TPSA) is 32.3 Å². The summed E-state index contributed by atoms with van der Waals surface area (Å²) in [7, 11) is 1.92. The van der Waals surface area contributed by atoms with Crippen molar-refractivity contribution in [2.75, 3.05) is 20.1 Å². The van der Waals surface area contributed by atoms with Crippen LogP contribution in [-0.4, -0.2) is 42.9 Å². The third-order valence-corrected chi connectivity index (χ3v) is 4.08. The molecule has 0 aliphatic carbocycles. The van der Waals surface area contributed by atoms with Gasteiger partial charge < -0.3 is 5.32 Å². The van der Waals surface area contributed by atoms with Gasteiger partial charge in [-0.3, -0.25) is 9.69 Å². The molecule has 1 N–H and O–H groups in total. The van der Waals surface area contributed by atoms with Crippen molar-refractivity contribution in [3.05, 3.63) is 35.4 Å². The fraction of sp³-hybridized carbons (Fsp3) is 0.533. The van der Waals surface area contributed by atoms with Gasteiger partial charge >= 0.3 is 0 Å². The van der Waals surface area contributed by atoms with Crippen molar-refractivity contribution < 1.29 is 13.6 Å². The monoisotopic (exact) mass is 282 g/mol. The Bertz CT molecular complexity index is 487. The minimum absolute atomic E-state index is 0.176. The van der Waals surface area contributed by atoms with Crippen LogP contribution in [0.5, 0.6) is 0 Å². The highest BCUT2D eigenvalue weighted by atomic mass is 19.2. The van der Waals surface area contributed by atoms with Crippen molar-refractivity contribution in [2.45, 2.75) is 31.8 Å². The number of nitrogens with one attached hydrogen (secondary N) is 1. The molecule has 1 aromatic rings. The number of Topliss-reactive ketones (excluding diaryl/α,β-unsaturated/α-hetero) is 1. The fourth-order valence-corrected chi connectivity index (χ4v) is 2.61. The van der Waals surface area contributed by atoms with Crippen molar-refractivity contribution in [1.82, 2.24) is 10.2 Å². The van der Waals surface area contributed by atoms with Crippen LogP contribution in [0.15, 0.2) is 18.2 Å². The Balaban J connectivity index is 2.08. The molecule has 1 aliphatic rings. The maximum atomic E-state index is 13.2. The lowest BCUT2D eigenvalue weighted by atomic mass is 9.99. The number of rotatable bonds is 4. The smallest absolute Gasteiger partial charge is 0.179 e. The van der Waals surface area contributed by atoms with Crippen molar-refractivity contribution >= 4 is 5.78 Å². The Hall–Kier alpha value is -1.33. The van der Waals surface area contributed by atoms with E-state index in [-0.39, 0.29) is 17.4 Å². The van der Waals surface area contributed by atoms with Crippen LogP contribution in [0.3, 0.4) is 0 Å². The number of ketones is 1. The Labute approximate surface area is 118 Å². The molecule has 0 aromatic heterocycles. The molecule has 0 spiro atoms. The molecule has 1 atom stereocenters. The van der Waals surface area contributed by atoms with Crippen LogP contribution in [0.4, 0.5) is 8.78 Å². The van der Waals surface area contributed by atoms with E-state index in [1.807, 2.05) is 18.9 Å². The second-order valence-corrected chi connectivity index (χ2v) is 5.32. The lowest BCUT2D eigenvalue weighted by Crippen LogP contribution is -2.47. The zero-order valence-corrected chi connectivity index (χ0v) is 11.8. The molecule has 1 fully saturated rings. The summed E-state index contributed by atoms with van der Waals surface area (Å²) in [5, 5.41) is 3.28. The Morgan fingerprint density at radius 1 is 1.30 bits per heavy atom. The number of piperidine rings is 1. The first-order valence-corrected chi connectivity index (χ1v) is 6.92. The van der Waals surface area contributed by atoms with Gasteiger partial charge in [-0.15, -0.1) is 0 Å². The van der Waals surface area contributed by atoms with Crippen LogP contribution < -0.4 is 5.32 Å². The summed E-state index contributed by atoms with van der Waals surface area (Å²) >= 11 is 0. The Kier molecular flexibility index (Phi) is 4.83. The number of carbonyl (C=O) groups excluding carboxylic acids is 1. The third-order valence-electron chi connectivity index (χ3n) is 4.08. The van der Waals surface area contributed by atoms with Gasteiger partial charge in [-0.25, -0.2) is 8.78 Å². The van der Waals surface area contributed by atoms with Gasteiger partial charge in [0.2, 0.25) is 0 Å². The van der Waals surface area contributed by atoms with Crippen LogP contribution in [0.1, 0.15) is 30.1 Å². The average molecular weight is 282 g/mol. The number of benzene rings is 1. The molecule has 3 nitrogen and oxygen atoms in total. The van der Waals surface area contributed by atoms with Gasteiger partial charge in [0.1, 0.15) is 0 Å². The van der Waals surface area contributed by atoms with Gasteiger partial charge in [-0.05, 0) is 58.1 Å². The number of carbonyl (C=O) groups is 1. The lowest BCUT2D eigenvalue weighted by Gasteiger charge is -2.35. The van der Waals surface area contributed by atoms with E-state index in [4.69, 9.17) is 0 Å². The quantitative estimate of drug-likeness (QED) is 0.859. The maximum Gasteiger partial charge on any atom is 0.179 e. The highest BCUT2D eigenvalue weighted by molar-refractivity contribution is 5.99. The van der Waals surface area contributed by atoms with Gasteiger partial charge in [0.15, 0.2) is 17.4 Å². The highest BCUT2D eigenvalue weighted by Gasteiger charge is 2.27. The van der Waals surface area contributed by atoms with Gasteiger partial charge in [0.25, 0.3) is 0 Å². The van der Waals surface area contributed by atoms with Crippen LogP contribution in [-0.2, 0) is 0 Å². The summed E-state index contributed by atoms with van der Waals surface area (Å²) < 4.78 is 26.1. The van der Waals surface area contributed by atoms with E-state index in [1.165, 1.54) is 6.07 Å². The van der Waals surface area contributed by atoms with E-state index < -0.39 is 11.6 Å². The van der Waals surface area contributed by atoms with Crippen LogP contribution in [0, 0.1) is 11.6 Å². The third kappa shape index (κ3) is 3.22. The Morgan fingerprint density at radius 2 is 1.95 bits per heavy atom. The lowest BCUT2D eigenvalue weighted by molar-refractivity contribution is 0.0785. The predicted molar refractivity (Wildman–Crippen MR) is 73.8 cm³/mol. The van der Waals surface area contributed by atoms with Crippen molar-refractivity contribution in [3.8, 4) is 0 Å². The summed E-state index contributed by atoms with van der Waals surface area (Å²) in [6, 6.07) is 3.32. The second kappa shape index (κ2) is 6.41. The molecule has 0 bridgehead atoms. The van der Waals surface area contributed by atoms with E-state index in [0.29, 0.717) is 6.04 Å². The molecule has 1 aliphatic heterocycles. The van der Waals surface area contributed by atoms with E-state index in [9.17, 15) is 13.6 Å². The fourth-order valence-electron chi connectivity index (χ4n) is 2.61. The summed E-state index contributed by atoms with van der Waals surface area (Å²) in [6.07, 6.45) is 1.98. The molecule has 1 unspecified atom stereocenters. The van der Waals surface area contributed by atoms with E-state index in [1.54, 1.807) is 0 Å². The van der Waals surface area contributed by atoms with Crippen LogP contribution in [0.25, 0.3) is 0 Å². The molecular formula is C15H20F2N2O. The average Bonchev–Trinajstić information content (AvgIpc) is 2.48. The number of hydrogen-bond acceptors (Lipinski definition) is 3. The number of likely N-dealkylation sites (N-methyl/N-ethyl adjacent to an activating group) is 1. The van der Waals surface area contributed by atoms with Gasteiger partial charge in [-0.2, -0.15) is 0 Å². The van der Waals surface area contributed by atoms with E-state index in [0.717, 1.165) is 38.1 Å². The van der Waals surface area contributed by atoms with Crippen LogP contribution >= 0.6 is 0 Å². The zero-order valence-electron chi connectivity index (χ0n) is 11.8. The minimum atomic E-state index is -0.979. The molecule has 5 heteroatoms. The summed E-state index contributed by atoms with van der Waals surface area (Å²) in [4.78, 5) is 14.4. The van der Waals surface area contributed by atoms with Crippen molar-refractivity contribution in [3.63, 3.8) is 0 Å². The summed E-state index contributed by atoms with van der Waals surface area (Å²) in [6.45, 7) is 3.70. The largest absolute Gasteiger partial charge is 0.317 e. The Morgan fingerprint density at radius 3 is 2.55 bits per heavy atom. The number of halogens is 2. The molecule has 1 heterocycles. The summed E-state index contributed by atoms with van der Waals surface area (Å²) in [5.74, 6) is -2.08. The van der Waals surface area contributed by atoms with Gasteiger partial charge in [0.05, 0.1) is 6.04 Å². The first-order chi connectivity index (χ1) is 9.50. The summed E-state index contributed by atoms with van der Waals surface area (Å²) in [5.41, 5.74) is 0.220. The molecule has 1 saturated heterocycles. The normalized spacial score (nSPS) is 18.2. The van der Waals surface area contributed by atoms with Crippen molar-refractivity contribution in [1.29, 1.82) is 0 Å². The van der Waals surface area contributed by atoms with Crippen LogP contribution in [0.2, 0.25) is 0 Å². The molecule has 110 valence electrons. The van der Waals surface area contributed by atoms with Gasteiger partial charge in [-0.1, -0.05) is 0 Å². The second-order valence-electron chi connectivity index (χ2n) is 5.32. The van der Waals surface area contributed by atoms with E-state index in [2.05, 4.69) is 5.32 Å². The number of nitrogens with zero attached hydrogens (tertiary/aromatic N) is 1. The minimum Gasteiger partial charge on any atom is -0.317 e. The maximum absolute atomic E-state index is 13.2.